The summed E-state index contributed by atoms with van der Waals surface area (Å²) >= 11 is 0. The average Bonchev–Trinajstić information content (AvgIpc) is 3.09. The van der Waals surface area contributed by atoms with Gasteiger partial charge in [0.25, 0.3) is 0 Å². The van der Waals surface area contributed by atoms with Gasteiger partial charge in [-0.3, -0.25) is 0 Å². The molecule has 1 heterocycles. The van der Waals surface area contributed by atoms with E-state index in [-0.39, 0.29) is 6.04 Å². The second-order valence-corrected chi connectivity index (χ2v) is 11.1. The maximum atomic E-state index is 12.1. The first kappa shape index (κ1) is 28.1. The van der Waals surface area contributed by atoms with Crippen molar-refractivity contribution in [1.29, 1.82) is 0 Å². The van der Waals surface area contributed by atoms with Crippen molar-refractivity contribution in [1.82, 2.24) is 4.90 Å². The smallest absolute Gasteiger partial charge is 0.162 e. The van der Waals surface area contributed by atoms with Crippen LogP contribution in [0.25, 0.3) is 0 Å². The molecule has 0 unspecified atom stereocenters. The quantitative estimate of drug-likeness (QED) is 0.353. The Labute approximate surface area is 227 Å². The fraction of sp³-hybridized carbons (Fsp3) is 0.581. The topological polar surface area (TPSA) is 69.3 Å². The first-order valence-electron chi connectivity index (χ1n) is 13.8. The average molecular weight is 525 g/mol. The zero-order valence-electron chi connectivity index (χ0n) is 23.7. The highest BCUT2D eigenvalue weighted by Crippen LogP contribution is 2.45. The molecular weight excluding hydrogens is 480 g/mol. The Balaban J connectivity index is 1.32. The molecule has 2 aromatic carbocycles. The second-order valence-electron chi connectivity index (χ2n) is 11.1. The maximum Gasteiger partial charge on any atom is 0.162 e. The van der Waals surface area contributed by atoms with Crippen LogP contribution in [0, 0.1) is 11.3 Å². The summed E-state index contributed by atoms with van der Waals surface area (Å²) in [5.74, 6) is 3.29. The number of methoxy groups -OCH3 is 4. The third-order valence-corrected chi connectivity index (χ3v) is 8.53. The number of aldehydes is 1. The van der Waals surface area contributed by atoms with E-state index in [4.69, 9.17) is 18.9 Å². The van der Waals surface area contributed by atoms with E-state index >= 15 is 0 Å². The van der Waals surface area contributed by atoms with Gasteiger partial charge in [-0.1, -0.05) is 12.5 Å². The number of fused-ring (bicyclic) bond motifs is 1. The second kappa shape index (κ2) is 12.7. The summed E-state index contributed by atoms with van der Waals surface area (Å²) in [6, 6.07) is 10.1. The number of nitrogens with zero attached hydrogens (tertiary/aromatic N) is 1. The fourth-order valence-electron chi connectivity index (χ4n) is 6.32. The van der Waals surface area contributed by atoms with Gasteiger partial charge in [0.15, 0.2) is 23.0 Å². The first-order valence-corrected chi connectivity index (χ1v) is 13.8. The first-order chi connectivity index (χ1) is 18.4. The van der Waals surface area contributed by atoms with Gasteiger partial charge in [0.05, 0.1) is 34.5 Å². The Hall–Kier alpha value is -2.93. The molecule has 0 bridgehead atoms. The number of ether oxygens (including phenoxy) is 4. The normalized spacial score (nSPS) is 19.9. The van der Waals surface area contributed by atoms with Crippen LogP contribution in [0.2, 0.25) is 0 Å². The number of carbonyl (C=O) groups is 1. The van der Waals surface area contributed by atoms with Crippen LogP contribution in [0.5, 0.6) is 23.0 Å². The molecule has 0 radical (unpaired) electrons. The van der Waals surface area contributed by atoms with E-state index in [0.717, 1.165) is 74.4 Å². The largest absolute Gasteiger partial charge is 0.493 e. The number of anilines is 1. The number of hydrogen-bond donors (Lipinski definition) is 1. The molecule has 1 fully saturated rings. The highest BCUT2D eigenvalue weighted by atomic mass is 16.5. The van der Waals surface area contributed by atoms with Crippen LogP contribution in [-0.2, 0) is 17.6 Å². The molecule has 0 aromatic heterocycles. The molecule has 0 saturated heterocycles. The van der Waals surface area contributed by atoms with Crippen molar-refractivity contribution >= 4 is 12.0 Å². The standard InChI is InChI=1S/C31H44N2O5/c1-33(21-31(13-7-14-31)19-22-9-12-27(35-2)28(16-22)36-3)15-6-8-23-10-11-24-17-29(37-4)30(38-5)18-25(24)32-26(23)20-34/h9,12,16-18,20,23,26,32H,6-8,10-11,13-15,19,21H2,1-5H3/t23-,26-/m1/s1. The molecule has 1 N–H and O–H groups in total. The van der Waals surface area contributed by atoms with Crippen LogP contribution in [0.4, 0.5) is 5.69 Å². The predicted octanol–water partition coefficient (Wildman–Crippen LogP) is 5.39. The predicted molar refractivity (Wildman–Crippen MR) is 151 cm³/mol. The SMILES string of the molecule is COc1ccc(CC2(CN(C)CCC[C@@H]3CCc4cc(OC)c(OC)cc4N[C@@H]3C=O)CCC2)cc1OC. The van der Waals surface area contributed by atoms with Crippen LogP contribution < -0.4 is 24.3 Å². The maximum absolute atomic E-state index is 12.1. The zero-order valence-corrected chi connectivity index (χ0v) is 23.7. The summed E-state index contributed by atoms with van der Waals surface area (Å²) in [6.07, 6.45) is 9.94. The van der Waals surface area contributed by atoms with Crippen molar-refractivity contribution in [2.24, 2.45) is 11.3 Å². The molecule has 0 amide bonds. The van der Waals surface area contributed by atoms with E-state index in [0.29, 0.717) is 17.1 Å². The van der Waals surface area contributed by atoms with Crippen molar-refractivity contribution < 1.29 is 23.7 Å². The van der Waals surface area contributed by atoms with Crippen molar-refractivity contribution in [3.63, 3.8) is 0 Å². The molecule has 2 aromatic rings. The number of benzene rings is 2. The van der Waals surface area contributed by atoms with Gasteiger partial charge in [-0.25, -0.2) is 0 Å². The summed E-state index contributed by atoms with van der Waals surface area (Å²) < 4.78 is 21.9. The van der Waals surface area contributed by atoms with Gasteiger partial charge in [-0.05, 0) is 99.2 Å². The van der Waals surface area contributed by atoms with Gasteiger partial charge in [-0.15, -0.1) is 0 Å². The number of aryl methyl sites for hydroxylation is 1. The lowest BCUT2D eigenvalue weighted by Gasteiger charge is -2.45. The summed E-state index contributed by atoms with van der Waals surface area (Å²) in [7, 11) is 8.91. The summed E-state index contributed by atoms with van der Waals surface area (Å²) in [4.78, 5) is 14.5. The lowest BCUT2D eigenvalue weighted by Crippen LogP contribution is -2.43. The number of hydrogen-bond acceptors (Lipinski definition) is 7. The van der Waals surface area contributed by atoms with E-state index in [9.17, 15) is 4.79 Å². The highest BCUT2D eigenvalue weighted by molar-refractivity contribution is 5.69. The highest BCUT2D eigenvalue weighted by Gasteiger charge is 2.38. The Morgan fingerprint density at radius 1 is 0.974 bits per heavy atom. The summed E-state index contributed by atoms with van der Waals surface area (Å²) in [5, 5.41) is 3.49. The number of nitrogens with one attached hydrogen (secondary N) is 1. The van der Waals surface area contributed by atoms with Gasteiger partial charge in [-0.2, -0.15) is 0 Å². The minimum atomic E-state index is -0.192. The van der Waals surface area contributed by atoms with E-state index in [1.807, 2.05) is 18.2 Å². The molecule has 7 nitrogen and oxygen atoms in total. The van der Waals surface area contributed by atoms with Crippen molar-refractivity contribution in [2.45, 2.75) is 57.4 Å². The molecule has 4 rings (SSSR count). The third-order valence-electron chi connectivity index (χ3n) is 8.53. The minimum absolute atomic E-state index is 0.192. The molecular formula is C31H44N2O5. The van der Waals surface area contributed by atoms with Gasteiger partial charge in [0.2, 0.25) is 0 Å². The zero-order chi connectivity index (χ0) is 27.1. The van der Waals surface area contributed by atoms with Crippen molar-refractivity contribution in [2.75, 3.05) is 53.9 Å². The van der Waals surface area contributed by atoms with E-state index in [1.165, 1.54) is 30.4 Å². The van der Waals surface area contributed by atoms with Gasteiger partial charge in [0, 0.05) is 18.3 Å². The molecule has 7 heteroatoms. The Morgan fingerprint density at radius 3 is 2.29 bits per heavy atom. The van der Waals surface area contributed by atoms with E-state index in [2.05, 4.69) is 29.4 Å². The number of rotatable bonds is 13. The Kier molecular flexibility index (Phi) is 9.42. The lowest BCUT2D eigenvalue weighted by atomic mass is 9.65. The summed E-state index contributed by atoms with van der Waals surface area (Å²) in [6.45, 7) is 2.12. The Morgan fingerprint density at radius 2 is 1.66 bits per heavy atom. The lowest BCUT2D eigenvalue weighted by molar-refractivity contribution is -0.109. The molecule has 38 heavy (non-hydrogen) atoms. The Bertz CT molecular complexity index is 1080. The van der Waals surface area contributed by atoms with Gasteiger partial charge in [0.1, 0.15) is 6.29 Å². The molecule has 2 atom stereocenters. The molecule has 1 aliphatic carbocycles. The molecule has 1 saturated carbocycles. The van der Waals surface area contributed by atoms with Crippen molar-refractivity contribution in [3.05, 3.63) is 41.5 Å². The van der Waals surface area contributed by atoms with Crippen LogP contribution >= 0.6 is 0 Å². The molecule has 0 spiro atoms. The monoisotopic (exact) mass is 524 g/mol. The molecule has 1 aliphatic heterocycles. The summed E-state index contributed by atoms with van der Waals surface area (Å²) in [5.41, 5.74) is 3.78. The number of carbonyl (C=O) groups excluding carboxylic acids is 1. The van der Waals surface area contributed by atoms with Crippen LogP contribution in [0.15, 0.2) is 30.3 Å². The van der Waals surface area contributed by atoms with Gasteiger partial charge >= 0.3 is 0 Å². The third kappa shape index (κ3) is 6.37. The van der Waals surface area contributed by atoms with E-state index in [1.54, 1.807) is 28.4 Å². The van der Waals surface area contributed by atoms with Crippen LogP contribution in [0.1, 0.15) is 49.7 Å². The minimum Gasteiger partial charge on any atom is -0.493 e. The van der Waals surface area contributed by atoms with Crippen LogP contribution in [-0.4, -0.2) is 65.8 Å². The van der Waals surface area contributed by atoms with Gasteiger partial charge < -0.3 is 34.0 Å². The van der Waals surface area contributed by atoms with E-state index < -0.39 is 0 Å². The van der Waals surface area contributed by atoms with Crippen molar-refractivity contribution in [3.8, 4) is 23.0 Å². The van der Waals surface area contributed by atoms with Crippen LogP contribution in [0.3, 0.4) is 0 Å². The molecule has 208 valence electrons. The molecule has 2 aliphatic rings. The fourth-order valence-corrected chi connectivity index (χ4v) is 6.32.